The van der Waals surface area contributed by atoms with E-state index in [9.17, 15) is 9.59 Å². The third kappa shape index (κ3) is 5.56. The minimum atomic E-state index is -0.898. The molecule has 0 fully saturated rings. The summed E-state index contributed by atoms with van der Waals surface area (Å²) in [5.41, 5.74) is 0. The Kier molecular flexibility index (Phi) is 4.03. The number of aliphatic carboxylic acids is 1. The Bertz CT molecular complexity index is 128. The Morgan fingerprint density at radius 3 is 2.30 bits per heavy atom. The summed E-state index contributed by atoms with van der Waals surface area (Å²) < 4.78 is 0. The summed E-state index contributed by atoms with van der Waals surface area (Å²) in [6, 6.07) is 0. The molecule has 0 aliphatic rings. The monoisotopic (exact) mass is 164 g/mol. The van der Waals surface area contributed by atoms with Crippen molar-refractivity contribution in [3.05, 3.63) is 0 Å². The van der Waals surface area contributed by atoms with Crippen LogP contribution >= 0.6 is 11.6 Å². The molecular formula is C6H9ClO3. The Balaban J connectivity index is 3.53. The van der Waals surface area contributed by atoms with Crippen LogP contribution in [0.1, 0.15) is 19.8 Å². The van der Waals surface area contributed by atoms with Crippen molar-refractivity contribution in [2.75, 3.05) is 0 Å². The molecule has 0 bridgehead atoms. The zero-order valence-corrected chi connectivity index (χ0v) is 6.39. The SMILES string of the molecule is CC(CC(=O)O)CC(=O)Cl. The number of carbonyl (C=O) groups is 2. The highest BCUT2D eigenvalue weighted by molar-refractivity contribution is 6.63. The van der Waals surface area contributed by atoms with E-state index in [1.165, 1.54) is 0 Å². The van der Waals surface area contributed by atoms with Gasteiger partial charge in [0.15, 0.2) is 0 Å². The van der Waals surface area contributed by atoms with Crippen molar-refractivity contribution >= 4 is 22.8 Å². The lowest BCUT2D eigenvalue weighted by molar-refractivity contribution is -0.138. The smallest absolute Gasteiger partial charge is 0.303 e. The Labute approximate surface area is 64.0 Å². The van der Waals surface area contributed by atoms with E-state index in [2.05, 4.69) is 0 Å². The standard InChI is InChI=1S/C6H9ClO3/c1-4(2-5(7)8)3-6(9)10/h4H,2-3H2,1H3,(H,9,10). The quantitative estimate of drug-likeness (QED) is 0.637. The Hall–Kier alpha value is -0.570. The third-order valence-corrected chi connectivity index (χ3v) is 1.19. The second kappa shape index (κ2) is 4.28. The van der Waals surface area contributed by atoms with Gasteiger partial charge in [0, 0.05) is 12.8 Å². The summed E-state index contributed by atoms with van der Waals surface area (Å²) >= 11 is 5.02. The maximum Gasteiger partial charge on any atom is 0.303 e. The molecule has 4 heteroatoms. The number of carboxylic acids is 1. The minimum absolute atomic E-state index is 0.00153. The first kappa shape index (κ1) is 9.43. The highest BCUT2D eigenvalue weighted by Crippen LogP contribution is 2.08. The van der Waals surface area contributed by atoms with Crippen molar-refractivity contribution in [1.82, 2.24) is 0 Å². The minimum Gasteiger partial charge on any atom is -0.481 e. The largest absolute Gasteiger partial charge is 0.481 e. The van der Waals surface area contributed by atoms with Crippen molar-refractivity contribution in [2.45, 2.75) is 19.8 Å². The fourth-order valence-corrected chi connectivity index (χ4v) is 0.908. The summed E-state index contributed by atoms with van der Waals surface area (Å²) in [5, 5.41) is 7.76. The van der Waals surface area contributed by atoms with Gasteiger partial charge >= 0.3 is 5.97 Å². The molecule has 1 unspecified atom stereocenters. The molecule has 0 aromatic rings. The number of hydrogen-bond acceptors (Lipinski definition) is 2. The average molecular weight is 165 g/mol. The molecule has 0 aromatic heterocycles. The molecule has 0 aliphatic heterocycles. The molecule has 0 aliphatic carbocycles. The van der Waals surface area contributed by atoms with Gasteiger partial charge < -0.3 is 5.11 Å². The summed E-state index contributed by atoms with van der Waals surface area (Å²) in [7, 11) is 0. The molecule has 0 saturated carbocycles. The van der Waals surface area contributed by atoms with E-state index in [0.717, 1.165) is 0 Å². The van der Waals surface area contributed by atoms with Gasteiger partial charge in [-0.3, -0.25) is 9.59 Å². The zero-order valence-electron chi connectivity index (χ0n) is 5.63. The van der Waals surface area contributed by atoms with E-state index in [1.807, 2.05) is 0 Å². The van der Waals surface area contributed by atoms with Crippen LogP contribution < -0.4 is 0 Å². The second-order valence-corrected chi connectivity index (χ2v) is 2.68. The van der Waals surface area contributed by atoms with E-state index >= 15 is 0 Å². The first-order chi connectivity index (χ1) is 4.52. The number of carbonyl (C=O) groups excluding carboxylic acids is 1. The molecule has 0 spiro atoms. The van der Waals surface area contributed by atoms with Crippen LogP contribution in [-0.4, -0.2) is 16.3 Å². The van der Waals surface area contributed by atoms with Gasteiger partial charge in [-0.25, -0.2) is 0 Å². The van der Waals surface area contributed by atoms with Crippen molar-refractivity contribution < 1.29 is 14.7 Å². The molecule has 0 rings (SSSR count). The lowest BCUT2D eigenvalue weighted by atomic mass is 10.1. The molecule has 0 heterocycles. The Morgan fingerprint density at radius 2 is 2.00 bits per heavy atom. The van der Waals surface area contributed by atoms with Gasteiger partial charge in [0.2, 0.25) is 5.24 Å². The maximum atomic E-state index is 10.2. The highest BCUT2D eigenvalue weighted by atomic mass is 35.5. The predicted octanol–water partition coefficient (Wildman–Crippen LogP) is 1.25. The highest BCUT2D eigenvalue weighted by Gasteiger charge is 2.10. The van der Waals surface area contributed by atoms with Gasteiger partial charge in [-0.05, 0) is 17.5 Å². The number of rotatable bonds is 4. The van der Waals surface area contributed by atoms with E-state index in [4.69, 9.17) is 16.7 Å². The first-order valence-electron chi connectivity index (χ1n) is 2.92. The summed E-state index contributed by atoms with van der Waals surface area (Å²) in [4.78, 5) is 20.2. The molecule has 10 heavy (non-hydrogen) atoms. The van der Waals surface area contributed by atoms with Crippen LogP contribution in [0.25, 0.3) is 0 Å². The van der Waals surface area contributed by atoms with Crippen LogP contribution in [0.4, 0.5) is 0 Å². The van der Waals surface area contributed by atoms with Gasteiger partial charge in [0.1, 0.15) is 0 Å². The molecule has 0 amide bonds. The van der Waals surface area contributed by atoms with Crippen molar-refractivity contribution in [3.63, 3.8) is 0 Å². The van der Waals surface area contributed by atoms with Gasteiger partial charge in [0.05, 0.1) is 0 Å². The van der Waals surface area contributed by atoms with Gasteiger partial charge in [-0.1, -0.05) is 6.92 Å². The lowest BCUT2D eigenvalue weighted by Crippen LogP contribution is -2.06. The van der Waals surface area contributed by atoms with Crippen molar-refractivity contribution in [3.8, 4) is 0 Å². The zero-order chi connectivity index (χ0) is 8.15. The fraction of sp³-hybridized carbons (Fsp3) is 0.667. The molecule has 1 atom stereocenters. The number of carboxylic acid groups (broad SMARTS) is 1. The van der Waals surface area contributed by atoms with Gasteiger partial charge in [-0.2, -0.15) is 0 Å². The lowest BCUT2D eigenvalue weighted by Gasteiger charge is -2.02. The Morgan fingerprint density at radius 1 is 1.50 bits per heavy atom. The van der Waals surface area contributed by atoms with E-state index in [0.29, 0.717) is 0 Å². The molecule has 0 saturated heterocycles. The van der Waals surface area contributed by atoms with Crippen LogP contribution in [0.3, 0.4) is 0 Å². The maximum absolute atomic E-state index is 10.2. The van der Waals surface area contributed by atoms with Crippen molar-refractivity contribution in [1.29, 1.82) is 0 Å². The van der Waals surface area contributed by atoms with Crippen LogP contribution in [0.5, 0.6) is 0 Å². The number of halogens is 1. The van der Waals surface area contributed by atoms with E-state index in [1.54, 1.807) is 6.92 Å². The molecule has 0 aromatic carbocycles. The molecule has 0 radical (unpaired) electrons. The number of hydrogen-bond donors (Lipinski definition) is 1. The van der Waals surface area contributed by atoms with E-state index in [-0.39, 0.29) is 18.8 Å². The first-order valence-corrected chi connectivity index (χ1v) is 3.30. The van der Waals surface area contributed by atoms with Crippen molar-refractivity contribution in [2.24, 2.45) is 5.92 Å². The van der Waals surface area contributed by atoms with Crippen LogP contribution in [0.2, 0.25) is 0 Å². The third-order valence-electron chi connectivity index (χ3n) is 1.03. The van der Waals surface area contributed by atoms with Gasteiger partial charge in [0.25, 0.3) is 0 Å². The molecule has 58 valence electrons. The fourth-order valence-electron chi connectivity index (χ4n) is 0.644. The summed E-state index contributed by atoms with van der Waals surface area (Å²) in [5.74, 6) is -1.06. The van der Waals surface area contributed by atoms with E-state index < -0.39 is 11.2 Å². The van der Waals surface area contributed by atoms with Crippen LogP contribution in [-0.2, 0) is 9.59 Å². The topological polar surface area (TPSA) is 54.4 Å². The second-order valence-electron chi connectivity index (χ2n) is 2.26. The van der Waals surface area contributed by atoms with Crippen LogP contribution in [0, 0.1) is 5.92 Å². The summed E-state index contributed by atoms with van der Waals surface area (Å²) in [6.45, 7) is 1.68. The predicted molar refractivity (Wildman–Crippen MR) is 36.9 cm³/mol. The summed E-state index contributed by atoms with van der Waals surface area (Å²) in [6.07, 6.45) is 0.131. The molecule has 1 N–H and O–H groups in total. The van der Waals surface area contributed by atoms with Crippen LogP contribution in [0.15, 0.2) is 0 Å². The molecule has 3 nitrogen and oxygen atoms in total. The van der Waals surface area contributed by atoms with Gasteiger partial charge in [-0.15, -0.1) is 0 Å². The average Bonchev–Trinajstić information content (AvgIpc) is 1.58. The normalized spacial score (nSPS) is 12.6. The molecular weight excluding hydrogens is 156 g/mol.